The molecule has 3 heteroatoms. The summed E-state index contributed by atoms with van der Waals surface area (Å²) in [4.78, 5) is 4.36. The second-order valence-corrected chi connectivity index (χ2v) is 5.29. The Bertz CT molecular complexity index is 687. The summed E-state index contributed by atoms with van der Waals surface area (Å²) in [5.41, 5.74) is 15.1. The number of nitrogens with two attached hydrogens (primary N) is 2. The van der Waals surface area contributed by atoms with Crippen LogP contribution in [0.3, 0.4) is 0 Å². The molecule has 3 rings (SSSR count). The van der Waals surface area contributed by atoms with Crippen LogP contribution in [0.5, 0.6) is 0 Å². The van der Waals surface area contributed by atoms with Gasteiger partial charge in [-0.3, -0.25) is 4.98 Å². The number of hydrogen-bond acceptors (Lipinski definition) is 3. The average molecular weight is 265 g/mol. The van der Waals surface area contributed by atoms with Gasteiger partial charge in [0.1, 0.15) is 0 Å². The number of benzene rings is 1. The second kappa shape index (κ2) is 5.19. The molecular formula is C17H19N3. The van der Waals surface area contributed by atoms with Crippen LogP contribution < -0.4 is 11.5 Å². The second-order valence-electron chi connectivity index (χ2n) is 5.29. The summed E-state index contributed by atoms with van der Waals surface area (Å²) in [6, 6.07) is 10.4. The molecule has 1 aromatic heterocycles. The Hall–Kier alpha value is -1.97. The van der Waals surface area contributed by atoms with Crippen molar-refractivity contribution < 1.29 is 0 Å². The normalized spacial score (nSPS) is 22.0. The molecule has 102 valence electrons. The van der Waals surface area contributed by atoms with E-state index in [9.17, 15) is 0 Å². The van der Waals surface area contributed by atoms with Crippen molar-refractivity contribution in [3.8, 4) is 0 Å². The lowest BCUT2D eigenvalue weighted by Crippen LogP contribution is -2.34. The van der Waals surface area contributed by atoms with Gasteiger partial charge in [-0.2, -0.15) is 0 Å². The highest BCUT2D eigenvalue weighted by Crippen LogP contribution is 2.34. The van der Waals surface area contributed by atoms with E-state index in [1.165, 1.54) is 11.1 Å². The molecule has 0 bridgehead atoms. The third-order valence-electron chi connectivity index (χ3n) is 4.12. The van der Waals surface area contributed by atoms with Crippen LogP contribution in [0.4, 0.5) is 0 Å². The average Bonchev–Trinajstić information content (AvgIpc) is 2.54. The van der Waals surface area contributed by atoms with Gasteiger partial charge in [0, 0.05) is 30.1 Å². The highest BCUT2D eigenvalue weighted by Gasteiger charge is 2.29. The van der Waals surface area contributed by atoms with E-state index >= 15 is 0 Å². The first-order valence-electron chi connectivity index (χ1n) is 6.91. The highest BCUT2D eigenvalue weighted by molar-refractivity contribution is 5.79. The first-order valence-corrected chi connectivity index (χ1v) is 6.91. The van der Waals surface area contributed by atoms with E-state index < -0.39 is 0 Å². The lowest BCUT2D eigenvalue weighted by Gasteiger charge is -2.31. The van der Waals surface area contributed by atoms with E-state index in [4.69, 9.17) is 11.5 Å². The number of nitrogens with zero attached hydrogens (tertiary/aromatic N) is 1. The van der Waals surface area contributed by atoms with E-state index in [0.29, 0.717) is 13.1 Å². The minimum Gasteiger partial charge on any atom is -0.329 e. The van der Waals surface area contributed by atoms with Gasteiger partial charge in [0.25, 0.3) is 0 Å². The predicted molar refractivity (Wildman–Crippen MR) is 83.4 cm³/mol. The smallest absolute Gasteiger partial charge is 0.0702 e. The summed E-state index contributed by atoms with van der Waals surface area (Å²) < 4.78 is 0. The monoisotopic (exact) mass is 265 g/mol. The van der Waals surface area contributed by atoms with Crippen molar-refractivity contribution in [2.45, 2.75) is 11.8 Å². The Morgan fingerprint density at radius 1 is 1.20 bits per heavy atom. The number of rotatable bonds is 3. The van der Waals surface area contributed by atoms with Crippen LogP contribution in [0, 0.1) is 0 Å². The summed E-state index contributed by atoms with van der Waals surface area (Å²) >= 11 is 0. The van der Waals surface area contributed by atoms with Gasteiger partial charge in [0.15, 0.2) is 0 Å². The molecule has 1 aromatic carbocycles. The van der Waals surface area contributed by atoms with E-state index in [1.807, 2.05) is 12.3 Å². The van der Waals surface area contributed by atoms with Gasteiger partial charge in [-0.15, -0.1) is 0 Å². The van der Waals surface area contributed by atoms with Gasteiger partial charge in [-0.25, -0.2) is 0 Å². The molecule has 0 saturated heterocycles. The van der Waals surface area contributed by atoms with Gasteiger partial charge >= 0.3 is 0 Å². The molecule has 0 amide bonds. The quantitative estimate of drug-likeness (QED) is 0.894. The van der Waals surface area contributed by atoms with Crippen LogP contribution in [0.15, 0.2) is 60.3 Å². The summed E-state index contributed by atoms with van der Waals surface area (Å²) in [7, 11) is 0. The summed E-state index contributed by atoms with van der Waals surface area (Å²) in [6.07, 6.45) is 9.21. The molecular weight excluding hydrogens is 246 g/mol. The molecule has 2 aromatic rings. The molecule has 1 atom stereocenters. The van der Waals surface area contributed by atoms with E-state index in [-0.39, 0.29) is 5.41 Å². The largest absolute Gasteiger partial charge is 0.329 e. The first kappa shape index (κ1) is 13.0. The molecule has 1 aliphatic carbocycles. The molecule has 3 nitrogen and oxygen atoms in total. The molecule has 0 saturated carbocycles. The molecule has 0 aliphatic heterocycles. The zero-order chi connectivity index (χ0) is 14.0. The van der Waals surface area contributed by atoms with Gasteiger partial charge in [0.05, 0.1) is 5.52 Å². The van der Waals surface area contributed by atoms with Crippen LogP contribution in [0.1, 0.15) is 12.0 Å². The lowest BCUT2D eigenvalue weighted by molar-refractivity contribution is 0.547. The fourth-order valence-electron chi connectivity index (χ4n) is 2.74. The lowest BCUT2D eigenvalue weighted by atomic mass is 9.74. The number of fused-ring (bicyclic) bond motifs is 1. The summed E-state index contributed by atoms with van der Waals surface area (Å²) in [5.74, 6) is 0. The Balaban J connectivity index is 2.04. The Kier molecular flexibility index (Phi) is 3.38. The molecule has 1 aliphatic rings. The zero-order valence-electron chi connectivity index (χ0n) is 11.4. The maximum atomic E-state index is 6.07. The van der Waals surface area contributed by atoms with Crippen molar-refractivity contribution in [2.24, 2.45) is 11.5 Å². The van der Waals surface area contributed by atoms with E-state index in [1.54, 1.807) is 0 Å². The summed E-state index contributed by atoms with van der Waals surface area (Å²) in [5, 5.41) is 1.15. The van der Waals surface area contributed by atoms with E-state index in [2.05, 4.69) is 47.5 Å². The topological polar surface area (TPSA) is 64.9 Å². The third-order valence-corrected chi connectivity index (χ3v) is 4.12. The SMILES string of the molecule is NCC1=CCC(CN)(c2ccc3ncccc3c2)C=C1. The van der Waals surface area contributed by atoms with Crippen LogP contribution >= 0.6 is 0 Å². The van der Waals surface area contributed by atoms with Crippen molar-refractivity contribution in [3.05, 3.63) is 65.9 Å². The number of allylic oxidation sites excluding steroid dienone is 1. The Morgan fingerprint density at radius 2 is 2.10 bits per heavy atom. The van der Waals surface area contributed by atoms with Crippen molar-refractivity contribution >= 4 is 10.9 Å². The van der Waals surface area contributed by atoms with Gasteiger partial charge < -0.3 is 11.5 Å². The highest BCUT2D eigenvalue weighted by atomic mass is 14.6. The van der Waals surface area contributed by atoms with Gasteiger partial charge in [-0.1, -0.05) is 30.4 Å². The van der Waals surface area contributed by atoms with Crippen LogP contribution in [0.2, 0.25) is 0 Å². The summed E-state index contributed by atoms with van der Waals surface area (Å²) in [6.45, 7) is 1.17. The molecule has 0 radical (unpaired) electrons. The predicted octanol–water partition coefficient (Wildman–Crippen LogP) is 2.28. The standard InChI is InChI=1S/C17H19N3/c18-11-13-5-7-17(12-19,8-6-13)15-3-4-16-14(10-15)2-1-9-20-16/h1-7,9-10H,8,11-12,18-19H2. The van der Waals surface area contributed by atoms with Gasteiger partial charge in [-0.05, 0) is 35.8 Å². The maximum Gasteiger partial charge on any atom is 0.0702 e. The van der Waals surface area contributed by atoms with Crippen molar-refractivity contribution in [1.82, 2.24) is 4.98 Å². The van der Waals surface area contributed by atoms with Gasteiger partial charge in [0.2, 0.25) is 0 Å². The fourth-order valence-corrected chi connectivity index (χ4v) is 2.74. The van der Waals surface area contributed by atoms with Crippen molar-refractivity contribution in [1.29, 1.82) is 0 Å². The Labute approximate surface area is 119 Å². The molecule has 4 N–H and O–H groups in total. The number of hydrogen-bond donors (Lipinski definition) is 2. The Morgan fingerprint density at radius 3 is 2.80 bits per heavy atom. The zero-order valence-corrected chi connectivity index (χ0v) is 11.4. The first-order chi connectivity index (χ1) is 9.77. The van der Waals surface area contributed by atoms with E-state index in [0.717, 1.165) is 17.3 Å². The maximum absolute atomic E-state index is 6.07. The van der Waals surface area contributed by atoms with Crippen molar-refractivity contribution in [3.63, 3.8) is 0 Å². The fraction of sp³-hybridized carbons (Fsp3) is 0.235. The number of pyridine rings is 1. The molecule has 0 fully saturated rings. The minimum atomic E-state index is -0.122. The molecule has 1 heterocycles. The third kappa shape index (κ3) is 2.15. The van der Waals surface area contributed by atoms with Crippen LogP contribution in [-0.2, 0) is 5.41 Å². The van der Waals surface area contributed by atoms with Crippen LogP contribution in [-0.4, -0.2) is 18.1 Å². The van der Waals surface area contributed by atoms with Crippen molar-refractivity contribution in [2.75, 3.05) is 13.1 Å². The molecule has 1 unspecified atom stereocenters. The molecule has 0 spiro atoms. The molecule has 20 heavy (non-hydrogen) atoms. The number of aromatic nitrogens is 1. The minimum absolute atomic E-state index is 0.122. The van der Waals surface area contributed by atoms with Crippen LogP contribution in [0.25, 0.3) is 10.9 Å².